The minimum absolute atomic E-state index is 0.00822. The molecule has 4 N–H and O–H groups in total. The van der Waals surface area contributed by atoms with Crippen molar-refractivity contribution in [1.29, 1.82) is 0 Å². The van der Waals surface area contributed by atoms with E-state index in [4.69, 9.17) is 10.8 Å². The Kier molecular flexibility index (Phi) is 5.97. The minimum Gasteiger partial charge on any atom is -0.481 e. The number of carboxylic acids is 1. The van der Waals surface area contributed by atoms with Gasteiger partial charge >= 0.3 is 5.97 Å². The Morgan fingerprint density at radius 1 is 1.42 bits per heavy atom. The van der Waals surface area contributed by atoms with Crippen molar-refractivity contribution in [2.45, 2.75) is 31.7 Å². The first kappa shape index (κ1) is 16.1. The van der Waals surface area contributed by atoms with Crippen molar-refractivity contribution in [3.05, 3.63) is 34.3 Å². The molecule has 0 saturated carbocycles. The maximum atomic E-state index is 10.5. The summed E-state index contributed by atoms with van der Waals surface area (Å²) in [6.07, 6.45) is -0.00822. The Labute approximate surface area is 122 Å². The number of aliphatic carboxylic acids is 1. The number of nitrogens with two attached hydrogens (primary N) is 1. The summed E-state index contributed by atoms with van der Waals surface area (Å²) in [5.41, 5.74) is 6.92. The van der Waals surface area contributed by atoms with Gasteiger partial charge < -0.3 is 16.2 Å². The summed E-state index contributed by atoms with van der Waals surface area (Å²) in [5.74, 6) is -0.860. The lowest BCUT2D eigenvalue weighted by molar-refractivity contribution is -0.137. The van der Waals surface area contributed by atoms with Gasteiger partial charge in [0.05, 0.1) is 6.42 Å². The van der Waals surface area contributed by atoms with Crippen LogP contribution < -0.4 is 11.1 Å². The fraction of sp³-hybridized carbons (Fsp3) is 0.500. The molecule has 106 valence electrons. The van der Waals surface area contributed by atoms with E-state index < -0.39 is 5.97 Å². The number of nitrogens with one attached hydrogen (secondary N) is 1. The van der Waals surface area contributed by atoms with Crippen molar-refractivity contribution in [3.8, 4) is 0 Å². The molecule has 0 saturated heterocycles. The predicted molar refractivity (Wildman–Crippen MR) is 80.3 cm³/mol. The molecule has 0 spiro atoms. The second-order valence-corrected chi connectivity index (χ2v) is 6.30. The molecule has 0 aliphatic carbocycles. The topological polar surface area (TPSA) is 75.3 Å². The quantitative estimate of drug-likeness (QED) is 0.716. The molecule has 0 aromatic heterocycles. The summed E-state index contributed by atoms with van der Waals surface area (Å²) in [6.45, 7) is 5.55. The van der Waals surface area contributed by atoms with E-state index in [1.165, 1.54) is 5.56 Å². The highest BCUT2D eigenvalue weighted by molar-refractivity contribution is 9.10. The third-order valence-corrected chi connectivity index (χ3v) is 3.56. The van der Waals surface area contributed by atoms with Gasteiger partial charge in [0.15, 0.2) is 0 Å². The molecule has 0 amide bonds. The molecule has 4 nitrogen and oxygen atoms in total. The summed E-state index contributed by atoms with van der Waals surface area (Å²) >= 11 is 3.42. The highest BCUT2D eigenvalue weighted by atomic mass is 79.9. The second kappa shape index (κ2) is 7.03. The molecular weight excluding hydrogens is 308 g/mol. The zero-order valence-electron chi connectivity index (χ0n) is 11.3. The van der Waals surface area contributed by atoms with Gasteiger partial charge in [-0.05, 0) is 17.7 Å². The third kappa shape index (κ3) is 5.72. The summed E-state index contributed by atoms with van der Waals surface area (Å²) in [7, 11) is 0. The highest BCUT2D eigenvalue weighted by Crippen LogP contribution is 2.23. The van der Waals surface area contributed by atoms with Gasteiger partial charge in [-0.15, -0.1) is 0 Å². The monoisotopic (exact) mass is 328 g/mol. The Morgan fingerprint density at radius 3 is 2.53 bits per heavy atom. The Bertz CT molecular complexity index is 418. The van der Waals surface area contributed by atoms with E-state index >= 15 is 0 Å². The molecule has 1 aromatic carbocycles. The Balaban J connectivity index is 2.46. The molecule has 0 radical (unpaired) electrons. The fourth-order valence-corrected chi connectivity index (χ4v) is 2.13. The van der Waals surface area contributed by atoms with Gasteiger partial charge in [-0.1, -0.05) is 41.9 Å². The van der Waals surface area contributed by atoms with Crippen LogP contribution in [-0.2, 0) is 10.2 Å². The van der Waals surface area contributed by atoms with Crippen LogP contribution in [0.25, 0.3) is 0 Å². The lowest BCUT2D eigenvalue weighted by Gasteiger charge is -2.26. The summed E-state index contributed by atoms with van der Waals surface area (Å²) in [5, 5.41) is 11.9. The van der Waals surface area contributed by atoms with Crippen molar-refractivity contribution in [3.63, 3.8) is 0 Å². The van der Waals surface area contributed by atoms with Crippen LogP contribution in [0.5, 0.6) is 0 Å². The molecule has 0 aliphatic heterocycles. The average molecular weight is 329 g/mol. The lowest BCUT2D eigenvalue weighted by Crippen LogP contribution is -2.41. The standard InChI is InChI=1S/C14H21BrN2O2/c1-14(2,10-3-5-11(15)6-4-10)9-17-8-12(16)7-13(18)19/h3-6,12,17H,7-9,16H2,1-2H3,(H,18,19). The molecule has 5 heteroatoms. The van der Waals surface area contributed by atoms with Crippen molar-refractivity contribution in [2.24, 2.45) is 5.73 Å². The highest BCUT2D eigenvalue weighted by Gasteiger charge is 2.20. The zero-order valence-corrected chi connectivity index (χ0v) is 12.9. The minimum atomic E-state index is -0.860. The SMILES string of the molecule is CC(C)(CNCC(N)CC(=O)O)c1ccc(Br)cc1. The van der Waals surface area contributed by atoms with E-state index in [1.54, 1.807) is 0 Å². The first-order valence-corrected chi connectivity index (χ1v) is 7.05. The van der Waals surface area contributed by atoms with Crippen LogP contribution in [0.3, 0.4) is 0 Å². The molecule has 0 aliphatic rings. The van der Waals surface area contributed by atoms with Crippen LogP contribution in [0.2, 0.25) is 0 Å². The smallest absolute Gasteiger partial charge is 0.304 e. The Hall–Kier alpha value is -0.910. The molecule has 0 bridgehead atoms. The molecule has 1 unspecified atom stereocenters. The maximum Gasteiger partial charge on any atom is 0.304 e. The van der Waals surface area contributed by atoms with Gasteiger partial charge in [0, 0.05) is 29.0 Å². The molecule has 19 heavy (non-hydrogen) atoms. The van der Waals surface area contributed by atoms with Crippen LogP contribution in [0.15, 0.2) is 28.7 Å². The van der Waals surface area contributed by atoms with E-state index in [9.17, 15) is 4.79 Å². The third-order valence-electron chi connectivity index (χ3n) is 3.04. The molecule has 1 rings (SSSR count). The second-order valence-electron chi connectivity index (χ2n) is 5.38. The molecule has 0 fully saturated rings. The number of rotatable bonds is 7. The summed E-state index contributed by atoms with van der Waals surface area (Å²) in [6, 6.07) is 7.87. The molecule has 0 heterocycles. The summed E-state index contributed by atoms with van der Waals surface area (Å²) < 4.78 is 1.06. The fourth-order valence-electron chi connectivity index (χ4n) is 1.87. The van der Waals surface area contributed by atoms with Gasteiger partial charge in [-0.25, -0.2) is 0 Å². The molecule has 1 aromatic rings. The Morgan fingerprint density at radius 2 is 2.00 bits per heavy atom. The van der Waals surface area contributed by atoms with E-state index in [2.05, 4.69) is 47.2 Å². The van der Waals surface area contributed by atoms with Crippen molar-refractivity contribution in [2.75, 3.05) is 13.1 Å². The zero-order chi connectivity index (χ0) is 14.5. The van der Waals surface area contributed by atoms with Crippen LogP contribution in [0.1, 0.15) is 25.8 Å². The number of carbonyl (C=O) groups is 1. The van der Waals surface area contributed by atoms with Gasteiger partial charge in [0.25, 0.3) is 0 Å². The molecular formula is C14H21BrN2O2. The van der Waals surface area contributed by atoms with Gasteiger partial charge in [0.2, 0.25) is 0 Å². The first-order valence-electron chi connectivity index (χ1n) is 6.25. The first-order chi connectivity index (χ1) is 8.81. The van der Waals surface area contributed by atoms with E-state index in [0.29, 0.717) is 6.54 Å². The average Bonchev–Trinajstić information content (AvgIpc) is 2.28. The summed E-state index contributed by atoms with van der Waals surface area (Å²) in [4.78, 5) is 10.5. The molecule has 1 atom stereocenters. The van der Waals surface area contributed by atoms with Crippen molar-refractivity contribution in [1.82, 2.24) is 5.32 Å². The van der Waals surface area contributed by atoms with Gasteiger partial charge in [-0.3, -0.25) is 4.79 Å². The van der Waals surface area contributed by atoms with E-state index in [-0.39, 0.29) is 17.9 Å². The van der Waals surface area contributed by atoms with Crippen molar-refractivity contribution >= 4 is 21.9 Å². The number of benzene rings is 1. The lowest BCUT2D eigenvalue weighted by atomic mass is 9.84. The van der Waals surface area contributed by atoms with Gasteiger partial charge in [0.1, 0.15) is 0 Å². The number of halogens is 1. The largest absolute Gasteiger partial charge is 0.481 e. The van der Waals surface area contributed by atoms with Crippen LogP contribution in [0, 0.1) is 0 Å². The van der Waals surface area contributed by atoms with E-state index in [0.717, 1.165) is 11.0 Å². The number of hydrogen-bond acceptors (Lipinski definition) is 3. The van der Waals surface area contributed by atoms with Crippen LogP contribution in [-0.4, -0.2) is 30.2 Å². The maximum absolute atomic E-state index is 10.5. The number of hydrogen-bond donors (Lipinski definition) is 3. The normalized spacial score (nSPS) is 13.3. The van der Waals surface area contributed by atoms with Crippen molar-refractivity contribution < 1.29 is 9.90 Å². The van der Waals surface area contributed by atoms with E-state index in [1.807, 2.05) is 12.1 Å². The van der Waals surface area contributed by atoms with Crippen LogP contribution >= 0.6 is 15.9 Å². The van der Waals surface area contributed by atoms with Crippen LogP contribution in [0.4, 0.5) is 0 Å². The van der Waals surface area contributed by atoms with Gasteiger partial charge in [-0.2, -0.15) is 0 Å². The predicted octanol–water partition coefficient (Wildman–Crippen LogP) is 2.12. The number of carboxylic acid groups (broad SMARTS) is 1.